The van der Waals surface area contributed by atoms with Gasteiger partial charge in [0.05, 0.1) is 10.5 Å². The van der Waals surface area contributed by atoms with Gasteiger partial charge in [-0.25, -0.2) is 22.6 Å². The Balaban J connectivity index is 1.03. The van der Waals surface area contributed by atoms with Crippen LogP contribution in [0.1, 0.15) is 84.2 Å². The molecule has 1 spiro atoms. The van der Waals surface area contributed by atoms with Crippen LogP contribution in [0.15, 0.2) is 53.7 Å². The Bertz CT molecular complexity index is 1980. The van der Waals surface area contributed by atoms with Crippen LogP contribution in [0.4, 0.5) is 15.0 Å². The summed E-state index contributed by atoms with van der Waals surface area (Å²) < 4.78 is 54.8. The molecule has 6 rings (SSSR count). The molecule has 0 aliphatic carbocycles. The highest BCUT2D eigenvalue weighted by atomic mass is 32.2. The van der Waals surface area contributed by atoms with Gasteiger partial charge in [-0.2, -0.15) is 4.31 Å². The molecule has 3 aliphatic rings. The third-order valence-electron chi connectivity index (χ3n) is 10.7. The fourth-order valence-electron chi connectivity index (χ4n) is 7.97. The summed E-state index contributed by atoms with van der Waals surface area (Å²) in [4.78, 5) is 38.6. The van der Waals surface area contributed by atoms with E-state index in [1.54, 1.807) is 21.9 Å². The summed E-state index contributed by atoms with van der Waals surface area (Å²) in [5, 5.41) is 8.16. The second kappa shape index (κ2) is 16.2. The molecule has 2 aromatic carbocycles. The number of benzene rings is 2. The Kier molecular flexibility index (Phi) is 11.9. The van der Waals surface area contributed by atoms with E-state index in [9.17, 15) is 22.4 Å². The first-order valence-electron chi connectivity index (χ1n) is 19.4. The van der Waals surface area contributed by atoms with Crippen LogP contribution in [0.3, 0.4) is 0 Å². The molecule has 0 radical (unpaired) electrons. The van der Waals surface area contributed by atoms with Gasteiger partial charge >= 0.3 is 6.09 Å². The van der Waals surface area contributed by atoms with Crippen molar-refractivity contribution >= 4 is 27.8 Å². The maximum absolute atomic E-state index is 14.4. The molecule has 3 fully saturated rings. The molecule has 56 heavy (non-hydrogen) atoms. The van der Waals surface area contributed by atoms with E-state index in [0.717, 1.165) is 44.6 Å². The Labute approximate surface area is 330 Å². The Morgan fingerprint density at radius 3 is 2.25 bits per heavy atom. The number of ether oxygens (including phenoxy) is 2. The number of hydrogen-bond donors (Lipinski definition) is 0. The van der Waals surface area contributed by atoms with Gasteiger partial charge in [0.2, 0.25) is 10.0 Å². The average Bonchev–Trinajstić information content (AvgIpc) is 3.11. The summed E-state index contributed by atoms with van der Waals surface area (Å²) in [5.41, 5.74) is 0.629. The number of likely N-dealkylation sites (tertiary alicyclic amines) is 1. The molecule has 3 aromatic rings. The molecule has 3 saturated heterocycles. The minimum absolute atomic E-state index is 0.0999. The van der Waals surface area contributed by atoms with Crippen LogP contribution >= 0.6 is 0 Å². The van der Waals surface area contributed by atoms with Crippen LogP contribution < -0.4 is 9.64 Å². The number of piperazine rings is 1. The van der Waals surface area contributed by atoms with Gasteiger partial charge in [0, 0.05) is 62.8 Å². The van der Waals surface area contributed by atoms with E-state index in [4.69, 9.17) is 9.47 Å². The predicted octanol–water partition coefficient (Wildman–Crippen LogP) is 5.79. The van der Waals surface area contributed by atoms with Crippen LogP contribution in [0.2, 0.25) is 0 Å². The molecule has 0 saturated carbocycles. The summed E-state index contributed by atoms with van der Waals surface area (Å²) >= 11 is 0. The number of rotatable bonds is 10. The average molecular weight is 795 g/mol. The van der Waals surface area contributed by atoms with Gasteiger partial charge in [-0.1, -0.05) is 12.1 Å². The molecule has 0 bridgehead atoms. The molecule has 0 unspecified atom stereocenters. The molecule has 14 nitrogen and oxygen atoms in total. The van der Waals surface area contributed by atoms with Crippen molar-refractivity contribution in [3.8, 4) is 11.6 Å². The second-order valence-corrected chi connectivity index (χ2v) is 18.8. The van der Waals surface area contributed by atoms with E-state index in [2.05, 4.69) is 25.0 Å². The van der Waals surface area contributed by atoms with Gasteiger partial charge in [0.15, 0.2) is 5.82 Å². The van der Waals surface area contributed by atoms with Gasteiger partial charge < -0.3 is 24.2 Å². The van der Waals surface area contributed by atoms with E-state index >= 15 is 0 Å². The fourth-order valence-corrected chi connectivity index (χ4v) is 9.59. The highest BCUT2D eigenvalue weighted by Crippen LogP contribution is 2.44. The van der Waals surface area contributed by atoms with E-state index in [-0.39, 0.29) is 65.1 Å². The number of anilines is 1. The first-order chi connectivity index (χ1) is 26.4. The molecule has 1 atom stereocenters. The number of nitrogens with zero attached hydrogens (tertiary/aromatic N) is 8. The minimum Gasteiger partial charge on any atom is -0.444 e. The van der Waals surface area contributed by atoms with Crippen molar-refractivity contribution in [1.82, 2.24) is 34.2 Å². The Morgan fingerprint density at radius 1 is 0.982 bits per heavy atom. The second-order valence-electron chi connectivity index (χ2n) is 16.9. The van der Waals surface area contributed by atoms with Crippen LogP contribution in [-0.4, -0.2) is 124 Å². The lowest BCUT2D eigenvalue weighted by Gasteiger charge is -2.54. The van der Waals surface area contributed by atoms with Crippen molar-refractivity contribution in [3.05, 3.63) is 65.7 Å². The van der Waals surface area contributed by atoms with Crippen LogP contribution in [0, 0.1) is 11.2 Å². The topological polar surface area (TPSA) is 142 Å². The number of carbonyl (C=O) groups excluding carboxylic acids is 2. The zero-order valence-corrected chi connectivity index (χ0v) is 34.6. The lowest BCUT2D eigenvalue weighted by molar-refractivity contribution is 0.0143. The summed E-state index contributed by atoms with van der Waals surface area (Å²) in [6.45, 7) is 19.7. The number of sulfonamides is 1. The van der Waals surface area contributed by atoms with Crippen molar-refractivity contribution in [2.24, 2.45) is 5.41 Å². The van der Waals surface area contributed by atoms with Gasteiger partial charge in [-0.15, -0.1) is 10.2 Å². The van der Waals surface area contributed by atoms with Gasteiger partial charge in [-0.05, 0) is 117 Å². The number of hydrogen-bond acceptors (Lipinski definition) is 11. The van der Waals surface area contributed by atoms with Gasteiger partial charge in [0.25, 0.3) is 11.8 Å². The zero-order valence-electron chi connectivity index (χ0n) is 33.7. The van der Waals surface area contributed by atoms with Crippen molar-refractivity contribution in [2.75, 3.05) is 50.7 Å². The Morgan fingerprint density at radius 2 is 1.64 bits per heavy atom. The first kappa shape index (κ1) is 41.2. The summed E-state index contributed by atoms with van der Waals surface area (Å²) in [7, 11) is -3.74. The number of carbonyl (C=O) groups is 2. The highest BCUT2D eigenvalue weighted by molar-refractivity contribution is 7.89. The van der Waals surface area contributed by atoms with E-state index in [1.807, 2.05) is 67.5 Å². The smallest absolute Gasteiger partial charge is 0.410 e. The number of piperidine rings is 1. The molecular weight excluding hydrogens is 740 g/mol. The molecule has 2 amide bonds. The van der Waals surface area contributed by atoms with Crippen LogP contribution in [0.25, 0.3) is 0 Å². The molecule has 4 heterocycles. The van der Waals surface area contributed by atoms with Gasteiger partial charge in [0.1, 0.15) is 23.5 Å². The quantitative estimate of drug-likeness (QED) is 0.246. The monoisotopic (exact) mass is 794 g/mol. The third-order valence-corrected chi connectivity index (χ3v) is 12.7. The third kappa shape index (κ3) is 9.07. The molecular formula is C40H55FN8O6S. The molecule has 304 valence electrons. The molecule has 0 N–H and O–H groups in total. The number of amides is 2. The van der Waals surface area contributed by atoms with Gasteiger partial charge in [-0.3, -0.25) is 9.69 Å². The molecule has 1 aromatic heterocycles. The fraction of sp³-hybridized carbons (Fsp3) is 0.575. The summed E-state index contributed by atoms with van der Waals surface area (Å²) in [6, 6.07) is 10.4. The molecule has 3 aliphatic heterocycles. The lowest BCUT2D eigenvalue weighted by atomic mass is 9.72. The highest BCUT2D eigenvalue weighted by Gasteiger charge is 2.46. The van der Waals surface area contributed by atoms with Crippen LogP contribution in [-0.2, 0) is 21.3 Å². The predicted molar refractivity (Wildman–Crippen MR) is 210 cm³/mol. The summed E-state index contributed by atoms with van der Waals surface area (Å²) in [6.07, 6.45) is 2.90. The first-order valence-corrected chi connectivity index (χ1v) is 20.8. The maximum Gasteiger partial charge on any atom is 0.410 e. The van der Waals surface area contributed by atoms with E-state index in [0.29, 0.717) is 12.4 Å². The van der Waals surface area contributed by atoms with Crippen molar-refractivity contribution in [2.45, 2.75) is 103 Å². The summed E-state index contributed by atoms with van der Waals surface area (Å²) in [5.74, 6) is -0.00275. The van der Waals surface area contributed by atoms with Crippen molar-refractivity contribution in [3.63, 3.8) is 0 Å². The minimum atomic E-state index is -3.74. The largest absolute Gasteiger partial charge is 0.444 e. The molecule has 16 heteroatoms. The Hall–Kier alpha value is -4.41. The maximum atomic E-state index is 14.4. The van der Waals surface area contributed by atoms with E-state index < -0.39 is 33.6 Å². The standard InChI is InChI=1S/C40H55FN8O6S/c1-27(2)49(28(3)4)37(50)33-21-31(41)11-14-34(33)54-36-35(42-26-43-44-36)47-24-40(25-47)15-17-45(18-16-40)23-30-9-12-32(13-10-30)56(52,53)48-20-19-46(22-29(48)5)38(51)55-39(6,7)8/h9-14,21,26-29H,15-20,22-25H2,1-8H3/t29-/m0/s1. The SMILES string of the molecule is CC(C)N(C(=O)c1cc(F)ccc1Oc1nncnc1N1CC2(CCN(Cc3ccc(S(=O)(=O)N4CCN(C(=O)OC(C)(C)C)C[C@@H]4C)cc3)CC2)C1)C(C)C. The van der Waals surface area contributed by atoms with Crippen molar-refractivity contribution < 1.29 is 31.9 Å². The number of halogens is 1. The van der Waals surface area contributed by atoms with Crippen molar-refractivity contribution in [1.29, 1.82) is 0 Å². The zero-order chi connectivity index (χ0) is 40.6. The lowest BCUT2D eigenvalue weighted by Crippen LogP contribution is -2.60. The van der Waals surface area contributed by atoms with Crippen LogP contribution in [0.5, 0.6) is 11.6 Å². The normalized spacial score (nSPS) is 19.3. The van der Waals surface area contributed by atoms with E-state index in [1.165, 1.54) is 28.8 Å². The number of aromatic nitrogens is 3.